The van der Waals surface area contributed by atoms with Crippen LogP contribution in [0.1, 0.15) is 42.0 Å². The van der Waals surface area contributed by atoms with Crippen molar-refractivity contribution in [1.82, 2.24) is 14.7 Å². The average Bonchev–Trinajstić information content (AvgIpc) is 3.65. The van der Waals surface area contributed by atoms with Gasteiger partial charge in [-0.05, 0) is 74.1 Å². The molecule has 180 valence electrons. The highest BCUT2D eigenvalue weighted by Crippen LogP contribution is 2.29. The quantitative estimate of drug-likeness (QED) is 0.384. The molecule has 0 unspecified atom stereocenters. The van der Waals surface area contributed by atoms with Crippen LogP contribution in [0.2, 0.25) is 0 Å². The Morgan fingerprint density at radius 1 is 1.03 bits per heavy atom. The van der Waals surface area contributed by atoms with E-state index in [0.29, 0.717) is 12.5 Å². The van der Waals surface area contributed by atoms with Crippen LogP contribution in [0.3, 0.4) is 0 Å². The summed E-state index contributed by atoms with van der Waals surface area (Å²) < 4.78 is 32.2. The number of rotatable bonds is 10. The minimum atomic E-state index is -3.19. The maximum Gasteiger partial charge on any atom is 0.229 e. The molecule has 0 aliphatic heterocycles. The summed E-state index contributed by atoms with van der Waals surface area (Å²) in [5.74, 6) is 2.10. The van der Waals surface area contributed by atoms with E-state index in [1.54, 1.807) is 7.11 Å². The van der Waals surface area contributed by atoms with Crippen LogP contribution in [0.25, 0.3) is 0 Å². The van der Waals surface area contributed by atoms with Gasteiger partial charge in [-0.15, -0.1) is 0 Å². The van der Waals surface area contributed by atoms with Gasteiger partial charge in [-0.25, -0.2) is 18.1 Å². The molecule has 34 heavy (non-hydrogen) atoms. The fourth-order valence-corrected chi connectivity index (χ4v) is 5.19. The molecule has 1 fully saturated rings. The van der Waals surface area contributed by atoms with E-state index in [2.05, 4.69) is 27.3 Å². The summed E-state index contributed by atoms with van der Waals surface area (Å²) in [6.45, 7) is 6.36. The minimum Gasteiger partial charge on any atom is -0.496 e. The molecule has 9 heteroatoms. The highest BCUT2D eigenvalue weighted by molar-refractivity contribution is 7.90. The number of methoxy groups -OCH3 is 1. The summed E-state index contributed by atoms with van der Waals surface area (Å²) in [6, 6.07) is 11.7. The lowest BCUT2D eigenvalue weighted by atomic mass is 10.1. The maximum absolute atomic E-state index is 12.0. The number of aromatic nitrogens is 2. The molecule has 1 aromatic heterocycles. The molecular weight excluding hydrogens is 450 g/mol. The van der Waals surface area contributed by atoms with Gasteiger partial charge in [-0.1, -0.05) is 19.1 Å². The van der Waals surface area contributed by atoms with Gasteiger partial charge in [0.15, 0.2) is 0 Å². The molecule has 3 N–H and O–H groups in total. The van der Waals surface area contributed by atoms with Gasteiger partial charge in [0.1, 0.15) is 11.6 Å². The van der Waals surface area contributed by atoms with Gasteiger partial charge < -0.3 is 15.4 Å². The second kappa shape index (κ2) is 9.99. The van der Waals surface area contributed by atoms with Crippen molar-refractivity contribution < 1.29 is 13.2 Å². The van der Waals surface area contributed by atoms with E-state index in [1.165, 1.54) is 0 Å². The van der Waals surface area contributed by atoms with Crippen LogP contribution < -0.4 is 20.1 Å². The number of benzene rings is 2. The van der Waals surface area contributed by atoms with Crippen molar-refractivity contribution in [1.29, 1.82) is 0 Å². The van der Waals surface area contributed by atoms with Crippen LogP contribution in [0.15, 0.2) is 42.6 Å². The molecule has 1 heterocycles. The van der Waals surface area contributed by atoms with Crippen LogP contribution >= 0.6 is 0 Å². The third-order valence-corrected chi connectivity index (χ3v) is 7.72. The van der Waals surface area contributed by atoms with Gasteiger partial charge >= 0.3 is 0 Å². The minimum absolute atomic E-state index is 0.216. The van der Waals surface area contributed by atoms with E-state index in [9.17, 15) is 8.42 Å². The van der Waals surface area contributed by atoms with Gasteiger partial charge in [0, 0.05) is 29.7 Å². The molecule has 0 amide bonds. The predicted molar refractivity (Wildman–Crippen MR) is 136 cm³/mol. The highest BCUT2D eigenvalue weighted by atomic mass is 32.2. The molecule has 0 radical (unpaired) electrons. The van der Waals surface area contributed by atoms with Gasteiger partial charge in [0.05, 0.1) is 12.4 Å². The summed E-state index contributed by atoms with van der Waals surface area (Å²) in [7, 11) is -1.52. The molecule has 3 aromatic rings. The number of ether oxygens (including phenoxy) is 1. The number of nitrogens with one attached hydrogen (secondary N) is 3. The fourth-order valence-electron chi connectivity index (χ4n) is 3.83. The van der Waals surface area contributed by atoms with E-state index in [-0.39, 0.29) is 5.25 Å². The lowest BCUT2D eigenvalue weighted by Gasteiger charge is -2.14. The molecular formula is C25H31N5O3S. The molecule has 8 nitrogen and oxygen atoms in total. The van der Waals surface area contributed by atoms with Gasteiger partial charge in [0.25, 0.3) is 0 Å². The summed E-state index contributed by atoms with van der Waals surface area (Å²) in [5, 5.41) is 6.44. The maximum atomic E-state index is 12.0. The summed E-state index contributed by atoms with van der Waals surface area (Å²) >= 11 is 0. The molecule has 0 bridgehead atoms. The zero-order valence-electron chi connectivity index (χ0n) is 20.0. The molecule has 0 saturated heterocycles. The molecule has 0 atom stereocenters. The van der Waals surface area contributed by atoms with Crippen LogP contribution in [0.4, 0.5) is 23.1 Å². The number of anilines is 4. The second-order valence-corrected chi connectivity index (χ2v) is 10.6. The SMILES string of the molecule is CCc1cnc(Nc2cc(C)c(OC)c(C)c2)nc1Nc1ccc(CNS(=O)(=O)C2CC2)cc1. The molecule has 4 rings (SSSR count). The monoisotopic (exact) mass is 481 g/mol. The van der Waals surface area contributed by atoms with Crippen LogP contribution in [0, 0.1) is 13.8 Å². The van der Waals surface area contributed by atoms with E-state index in [0.717, 1.165) is 64.5 Å². The molecule has 1 aliphatic rings. The zero-order chi connectivity index (χ0) is 24.3. The van der Waals surface area contributed by atoms with E-state index >= 15 is 0 Å². The Morgan fingerprint density at radius 3 is 2.29 bits per heavy atom. The summed E-state index contributed by atoms with van der Waals surface area (Å²) in [5.41, 5.74) is 5.73. The third kappa shape index (κ3) is 5.66. The van der Waals surface area contributed by atoms with Crippen molar-refractivity contribution >= 4 is 33.2 Å². The largest absolute Gasteiger partial charge is 0.496 e. The van der Waals surface area contributed by atoms with Gasteiger partial charge in [-0.3, -0.25) is 0 Å². The Hall–Kier alpha value is -3.17. The Balaban J connectivity index is 1.47. The lowest BCUT2D eigenvalue weighted by Crippen LogP contribution is -2.26. The van der Waals surface area contributed by atoms with Crippen LogP contribution in [-0.4, -0.2) is 30.7 Å². The Kier molecular flexibility index (Phi) is 7.04. The van der Waals surface area contributed by atoms with Gasteiger partial charge in [0.2, 0.25) is 16.0 Å². The van der Waals surface area contributed by atoms with Crippen LogP contribution in [0.5, 0.6) is 5.75 Å². The topological polar surface area (TPSA) is 105 Å². The van der Waals surface area contributed by atoms with Crippen molar-refractivity contribution in [3.8, 4) is 5.75 Å². The first kappa shape index (κ1) is 24.0. The average molecular weight is 482 g/mol. The number of hydrogen-bond acceptors (Lipinski definition) is 7. The van der Waals surface area contributed by atoms with Crippen LogP contribution in [-0.2, 0) is 23.0 Å². The number of sulfonamides is 1. The Labute approximate surface area is 201 Å². The van der Waals surface area contributed by atoms with Crippen molar-refractivity contribution in [2.75, 3.05) is 17.7 Å². The van der Waals surface area contributed by atoms with E-state index < -0.39 is 10.0 Å². The molecule has 0 spiro atoms. The van der Waals surface area contributed by atoms with Gasteiger partial charge in [-0.2, -0.15) is 4.98 Å². The fraction of sp³-hybridized carbons (Fsp3) is 0.360. The zero-order valence-corrected chi connectivity index (χ0v) is 20.8. The highest BCUT2D eigenvalue weighted by Gasteiger charge is 2.35. The summed E-state index contributed by atoms with van der Waals surface area (Å²) in [6.07, 6.45) is 4.11. The first-order valence-corrected chi connectivity index (χ1v) is 13.0. The second-order valence-electron chi connectivity index (χ2n) is 8.58. The first-order valence-electron chi connectivity index (χ1n) is 11.4. The standard InChI is InChI=1S/C25H31N5O3S/c1-5-19-15-26-25(29-21-12-16(2)23(33-4)17(3)13-21)30-24(19)28-20-8-6-18(7-9-20)14-27-34(31,32)22-10-11-22/h6-9,12-13,15,22,27H,5,10-11,14H2,1-4H3,(H2,26,28,29,30). The Morgan fingerprint density at radius 2 is 1.71 bits per heavy atom. The number of aryl methyl sites for hydroxylation is 3. The number of nitrogens with zero attached hydrogens (tertiary/aromatic N) is 2. The van der Waals surface area contributed by atoms with Crippen molar-refractivity contribution in [2.45, 2.75) is 51.8 Å². The predicted octanol–water partition coefficient (Wildman–Crippen LogP) is 4.73. The van der Waals surface area contributed by atoms with Crippen molar-refractivity contribution in [3.63, 3.8) is 0 Å². The van der Waals surface area contributed by atoms with E-state index in [4.69, 9.17) is 9.72 Å². The van der Waals surface area contributed by atoms with E-state index in [1.807, 2.05) is 56.4 Å². The van der Waals surface area contributed by atoms with Crippen molar-refractivity contribution in [3.05, 3.63) is 64.8 Å². The lowest BCUT2D eigenvalue weighted by molar-refractivity contribution is 0.408. The normalized spacial score (nSPS) is 13.5. The molecule has 1 saturated carbocycles. The third-order valence-electron chi connectivity index (χ3n) is 5.82. The van der Waals surface area contributed by atoms with Crippen molar-refractivity contribution in [2.24, 2.45) is 0 Å². The molecule has 2 aromatic carbocycles. The summed E-state index contributed by atoms with van der Waals surface area (Å²) in [4.78, 5) is 9.17. The molecule has 1 aliphatic carbocycles. The Bertz CT molecular complexity index is 1250. The number of hydrogen-bond donors (Lipinski definition) is 3. The first-order chi connectivity index (χ1) is 16.3. The smallest absolute Gasteiger partial charge is 0.229 e.